The molecular formula is C27H29N9. The highest BCUT2D eigenvalue weighted by Gasteiger charge is 2.20. The smallest absolute Gasteiger partial charge is 0.181 e. The third-order valence-electron chi connectivity index (χ3n) is 7.42. The number of likely N-dealkylation sites (tertiary alicyclic amines) is 1. The highest BCUT2D eigenvalue weighted by atomic mass is 15.2. The van der Waals surface area contributed by atoms with Crippen molar-refractivity contribution in [2.24, 2.45) is 0 Å². The maximum Gasteiger partial charge on any atom is 0.181 e. The van der Waals surface area contributed by atoms with Crippen LogP contribution in [0, 0.1) is 0 Å². The lowest BCUT2D eigenvalue weighted by atomic mass is 10.1. The third-order valence-corrected chi connectivity index (χ3v) is 7.42. The van der Waals surface area contributed by atoms with E-state index in [0.717, 1.165) is 64.5 Å². The number of hydrogen-bond donors (Lipinski definition) is 2. The van der Waals surface area contributed by atoms with Crippen LogP contribution in [0.25, 0.3) is 44.7 Å². The molecule has 0 unspecified atom stereocenters. The third kappa shape index (κ3) is 3.89. The van der Waals surface area contributed by atoms with Crippen LogP contribution in [0.3, 0.4) is 0 Å². The number of aromatic nitrogens is 7. The van der Waals surface area contributed by atoms with Crippen molar-refractivity contribution in [1.29, 1.82) is 0 Å². The molecule has 2 aliphatic rings. The van der Waals surface area contributed by atoms with Crippen molar-refractivity contribution in [3.05, 3.63) is 48.5 Å². The Balaban J connectivity index is 1.25. The summed E-state index contributed by atoms with van der Waals surface area (Å²) in [4.78, 5) is 27.1. The Hall–Kier alpha value is -3.85. The van der Waals surface area contributed by atoms with Crippen LogP contribution in [0.5, 0.6) is 0 Å². The molecule has 9 nitrogen and oxygen atoms in total. The number of imidazole rings is 1. The standard InChI is InChI=1S/C27H29N9/c1-2-10-36(11-3-1)27-24-22(6-7-29-27)31-26(32-24)23-21-13-20(16-30-25(21)34-33-23)19-12-18(14-28-15-19)17-35-8-4-5-9-35/h6-7,12-16H,1-5,8-11,17H2,(H,31,32)(H,30,33,34). The zero-order valence-corrected chi connectivity index (χ0v) is 20.2. The monoisotopic (exact) mass is 479 g/mol. The quantitative estimate of drug-likeness (QED) is 0.381. The van der Waals surface area contributed by atoms with Gasteiger partial charge in [0.25, 0.3) is 0 Å². The minimum atomic E-state index is 0.671. The van der Waals surface area contributed by atoms with Gasteiger partial charge in [0, 0.05) is 55.5 Å². The molecule has 7 rings (SSSR count). The molecule has 9 heteroatoms. The van der Waals surface area contributed by atoms with Gasteiger partial charge in [-0.2, -0.15) is 5.10 Å². The number of pyridine rings is 3. The Morgan fingerprint density at radius 2 is 1.69 bits per heavy atom. The van der Waals surface area contributed by atoms with Crippen molar-refractivity contribution in [1.82, 2.24) is 40.0 Å². The lowest BCUT2D eigenvalue weighted by Gasteiger charge is -2.27. The van der Waals surface area contributed by atoms with Crippen LogP contribution in [0.1, 0.15) is 37.7 Å². The van der Waals surface area contributed by atoms with E-state index in [1.54, 1.807) is 0 Å². The fraction of sp³-hybridized carbons (Fsp3) is 0.370. The Bertz CT molecular complexity index is 1520. The van der Waals surface area contributed by atoms with Gasteiger partial charge < -0.3 is 9.88 Å². The SMILES string of the molecule is c1cc2[nH]c(-c3[nH]nc4ncc(-c5cncc(CN6CCCC6)c5)cc34)nc2c(N2CCCCC2)n1. The molecule has 0 amide bonds. The van der Waals surface area contributed by atoms with E-state index < -0.39 is 0 Å². The minimum Gasteiger partial charge on any atom is -0.355 e. The van der Waals surface area contributed by atoms with Gasteiger partial charge in [0.05, 0.1) is 10.9 Å². The van der Waals surface area contributed by atoms with Gasteiger partial charge in [0.2, 0.25) is 0 Å². The average Bonchev–Trinajstić information content (AvgIpc) is 3.68. The van der Waals surface area contributed by atoms with Crippen molar-refractivity contribution >= 4 is 27.9 Å². The van der Waals surface area contributed by atoms with E-state index in [2.05, 4.69) is 52.1 Å². The lowest BCUT2D eigenvalue weighted by Crippen LogP contribution is -2.30. The molecule has 5 aromatic heterocycles. The second-order valence-corrected chi connectivity index (χ2v) is 9.92. The summed E-state index contributed by atoms with van der Waals surface area (Å²) in [6.07, 6.45) is 13.9. The second-order valence-electron chi connectivity index (χ2n) is 9.92. The van der Waals surface area contributed by atoms with Gasteiger partial charge in [0.1, 0.15) is 11.2 Å². The number of piperidine rings is 1. The van der Waals surface area contributed by atoms with E-state index in [1.807, 2.05) is 30.9 Å². The molecule has 0 atom stereocenters. The lowest BCUT2D eigenvalue weighted by molar-refractivity contribution is 0.331. The van der Waals surface area contributed by atoms with Gasteiger partial charge in [0.15, 0.2) is 17.3 Å². The van der Waals surface area contributed by atoms with E-state index in [0.29, 0.717) is 5.65 Å². The first-order valence-electron chi connectivity index (χ1n) is 12.9. The molecule has 2 fully saturated rings. The Morgan fingerprint density at radius 1 is 0.861 bits per heavy atom. The van der Waals surface area contributed by atoms with Crippen LogP contribution in [-0.2, 0) is 6.54 Å². The summed E-state index contributed by atoms with van der Waals surface area (Å²) >= 11 is 0. The maximum atomic E-state index is 4.98. The number of anilines is 1. The van der Waals surface area contributed by atoms with E-state index >= 15 is 0 Å². The van der Waals surface area contributed by atoms with E-state index in [9.17, 15) is 0 Å². The fourth-order valence-corrected chi connectivity index (χ4v) is 5.55. The predicted molar refractivity (Wildman–Crippen MR) is 141 cm³/mol. The molecule has 5 aromatic rings. The summed E-state index contributed by atoms with van der Waals surface area (Å²) in [7, 11) is 0. The van der Waals surface area contributed by atoms with Gasteiger partial charge >= 0.3 is 0 Å². The fourth-order valence-electron chi connectivity index (χ4n) is 5.55. The summed E-state index contributed by atoms with van der Waals surface area (Å²) in [6.45, 7) is 5.34. The molecule has 0 aliphatic carbocycles. The Morgan fingerprint density at radius 3 is 2.58 bits per heavy atom. The van der Waals surface area contributed by atoms with E-state index in [-0.39, 0.29) is 0 Å². The Labute approximate surface area is 209 Å². The van der Waals surface area contributed by atoms with Gasteiger partial charge in [-0.25, -0.2) is 15.0 Å². The van der Waals surface area contributed by atoms with Crippen molar-refractivity contribution in [3.8, 4) is 22.6 Å². The van der Waals surface area contributed by atoms with Crippen molar-refractivity contribution in [2.75, 3.05) is 31.1 Å². The Kier molecular flexibility index (Phi) is 5.35. The number of nitrogens with one attached hydrogen (secondary N) is 2. The number of hydrogen-bond acceptors (Lipinski definition) is 7. The molecule has 0 radical (unpaired) electrons. The van der Waals surface area contributed by atoms with Crippen LogP contribution >= 0.6 is 0 Å². The number of fused-ring (bicyclic) bond motifs is 2. The van der Waals surface area contributed by atoms with Gasteiger partial charge in [-0.3, -0.25) is 15.0 Å². The molecule has 2 N–H and O–H groups in total. The average molecular weight is 480 g/mol. The highest BCUT2D eigenvalue weighted by Crippen LogP contribution is 2.32. The number of nitrogens with zero attached hydrogens (tertiary/aromatic N) is 7. The van der Waals surface area contributed by atoms with Crippen molar-refractivity contribution < 1.29 is 0 Å². The van der Waals surface area contributed by atoms with Gasteiger partial charge in [-0.05, 0) is 69.0 Å². The molecule has 2 aliphatic heterocycles. The second kappa shape index (κ2) is 8.98. The molecule has 36 heavy (non-hydrogen) atoms. The summed E-state index contributed by atoms with van der Waals surface area (Å²) < 4.78 is 0. The van der Waals surface area contributed by atoms with Crippen molar-refractivity contribution in [2.45, 2.75) is 38.6 Å². The van der Waals surface area contributed by atoms with Crippen LogP contribution < -0.4 is 4.90 Å². The molecule has 182 valence electrons. The van der Waals surface area contributed by atoms with Crippen LogP contribution in [0.15, 0.2) is 43.0 Å². The number of aromatic amines is 2. The van der Waals surface area contributed by atoms with Crippen LogP contribution in [0.4, 0.5) is 5.82 Å². The zero-order valence-electron chi connectivity index (χ0n) is 20.2. The summed E-state index contributed by atoms with van der Waals surface area (Å²) in [6, 6.07) is 6.35. The molecular weight excluding hydrogens is 450 g/mol. The van der Waals surface area contributed by atoms with Gasteiger partial charge in [-0.15, -0.1) is 0 Å². The zero-order chi connectivity index (χ0) is 23.9. The minimum absolute atomic E-state index is 0.671. The molecule has 0 spiro atoms. The van der Waals surface area contributed by atoms with E-state index in [1.165, 1.54) is 50.8 Å². The molecule has 0 aromatic carbocycles. The molecule has 0 bridgehead atoms. The largest absolute Gasteiger partial charge is 0.355 e. The van der Waals surface area contributed by atoms with Gasteiger partial charge in [-0.1, -0.05) is 0 Å². The topological polar surface area (TPSA) is 103 Å². The highest BCUT2D eigenvalue weighted by molar-refractivity contribution is 5.95. The maximum absolute atomic E-state index is 4.98. The van der Waals surface area contributed by atoms with Crippen LogP contribution in [0.2, 0.25) is 0 Å². The molecule has 0 saturated carbocycles. The normalized spacial score (nSPS) is 16.9. The number of H-pyrrole nitrogens is 2. The summed E-state index contributed by atoms with van der Waals surface area (Å²) in [5, 5.41) is 8.55. The summed E-state index contributed by atoms with van der Waals surface area (Å²) in [5.74, 6) is 1.71. The molecule has 2 saturated heterocycles. The van der Waals surface area contributed by atoms with E-state index in [4.69, 9.17) is 4.98 Å². The molecule has 7 heterocycles. The first-order valence-corrected chi connectivity index (χ1v) is 12.9. The predicted octanol–water partition coefficient (Wildman–Crippen LogP) is 4.54. The number of rotatable bonds is 5. The summed E-state index contributed by atoms with van der Waals surface area (Å²) in [5.41, 5.74) is 6.71. The van der Waals surface area contributed by atoms with Crippen LogP contribution in [-0.4, -0.2) is 66.2 Å². The first-order chi connectivity index (χ1) is 17.8. The first kappa shape index (κ1) is 21.4. The van der Waals surface area contributed by atoms with Crippen molar-refractivity contribution in [3.63, 3.8) is 0 Å².